The van der Waals surface area contributed by atoms with Gasteiger partial charge in [-0.1, -0.05) is 26.3 Å². The molecule has 0 saturated carbocycles. The largest absolute Gasteiger partial charge is 0.309 e. The van der Waals surface area contributed by atoms with Gasteiger partial charge in [0.25, 0.3) is 0 Å². The van der Waals surface area contributed by atoms with E-state index >= 15 is 0 Å². The highest BCUT2D eigenvalue weighted by molar-refractivity contribution is 9.10. The van der Waals surface area contributed by atoms with E-state index in [2.05, 4.69) is 46.9 Å². The number of rotatable bonds is 5. The van der Waals surface area contributed by atoms with E-state index in [4.69, 9.17) is 0 Å². The molecule has 118 valence electrons. The molecule has 0 bridgehead atoms. The minimum absolute atomic E-state index is 0.182. The summed E-state index contributed by atoms with van der Waals surface area (Å²) in [4.78, 5) is 2.56. The van der Waals surface area contributed by atoms with E-state index in [0.29, 0.717) is 10.5 Å². The number of hydrogen-bond acceptors (Lipinski definition) is 2. The van der Waals surface area contributed by atoms with Crippen molar-refractivity contribution in [3.63, 3.8) is 0 Å². The fraction of sp³-hybridized carbons (Fsp3) is 0.647. The van der Waals surface area contributed by atoms with E-state index in [1.54, 1.807) is 6.07 Å². The second-order valence-corrected chi connectivity index (χ2v) is 7.25. The zero-order valence-electron chi connectivity index (χ0n) is 13.3. The summed E-state index contributed by atoms with van der Waals surface area (Å²) in [6.45, 7) is 9.74. The van der Waals surface area contributed by atoms with Crippen LogP contribution in [0, 0.1) is 5.82 Å². The number of nitrogens with zero attached hydrogens (tertiary/aromatic N) is 1. The van der Waals surface area contributed by atoms with Crippen LogP contribution in [0.4, 0.5) is 4.39 Å². The topological polar surface area (TPSA) is 15.3 Å². The third-order valence-electron chi connectivity index (χ3n) is 4.60. The van der Waals surface area contributed by atoms with Crippen LogP contribution in [-0.2, 0) is 6.54 Å². The van der Waals surface area contributed by atoms with Crippen LogP contribution in [0.3, 0.4) is 0 Å². The molecule has 1 fully saturated rings. The summed E-state index contributed by atoms with van der Waals surface area (Å²) >= 11 is 3.29. The zero-order valence-corrected chi connectivity index (χ0v) is 14.8. The molecule has 2 nitrogen and oxygen atoms in total. The number of hydrogen-bond donors (Lipinski definition) is 1. The van der Waals surface area contributed by atoms with E-state index in [-0.39, 0.29) is 11.4 Å². The van der Waals surface area contributed by atoms with Crippen LogP contribution in [0.1, 0.15) is 45.6 Å². The van der Waals surface area contributed by atoms with Gasteiger partial charge in [0.1, 0.15) is 5.82 Å². The molecule has 0 aromatic heterocycles. The molecule has 4 heteroatoms. The Morgan fingerprint density at radius 1 is 1.43 bits per heavy atom. The molecule has 1 aromatic rings. The van der Waals surface area contributed by atoms with Crippen LogP contribution in [0.2, 0.25) is 0 Å². The Morgan fingerprint density at radius 3 is 2.81 bits per heavy atom. The van der Waals surface area contributed by atoms with Crippen molar-refractivity contribution in [1.82, 2.24) is 10.2 Å². The lowest BCUT2D eigenvalue weighted by Gasteiger charge is -2.46. The smallest absolute Gasteiger partial charge is 0.137 e. The van der Waals surface area contributed by atoms with Gasteiger partial charge in [0.15, 0.2) is 0 Å². The number of piperazine rings is 1. The average Bonchev–Trinajstić information content (AvgIpc) is 2.46. The fourth-order valence-electron chi connectivity index (χ4n) is 3.04. The van der Waals surface area contributed by atoms with Gasteiger partial charge in [-0.05, 0) is 53.4 Å². The molecule has 1 aliphatic rings. The lowest BCUT2D eigenvalue weighted by atomic mass is 9.92. The molecule has 0 aliphatic carbocycles. The molecule has 0 spiro atoms. The molecule has 0 radical (unpaired) electrons. The Balaban J connectivity index is 2.13. The Kier molecular flexibility index (Phi) is 5.81. The van der Waals surface area contributed by atoms with Crippen molar-refractivity contribution in [3.8, 4) is 0 Å². The monoisotopic (exact) mass is 356 g/mol. The number of nitrogens with one attached hydrogen (secondary N) is 1. The van der Waals surface area contributed by atoms with Gasteiger partial charge in [-0.15, -0.1) is 0 Å². The van der Waals surface area contributed by atoms with E-state index in [1.165, 1.54) is 18.4 Å². The van der Waals surface area contributed by atoms with E-state index in [1.807, 2.05) is 12.1 Å². The lowest BCUT2D eigenvalue weighted by molar-refractivity contribution is 0.0725. The Bertz CT molecular complexity index is 480. The van der Waals surface area contributed by atoms with Crippen molar-refractivity contribution in [2.45, 2.75) is 58.2 Å². The van der Waals surface area contributed by atoms with Gasteiger partial charge in [-0.2, -0.15) is 0 Å². The maximum atomic E-state index is 13.4. The molecule has 1 saturated heterocycles. The quantitative estimate of drug-likeness (QED) is 0.844. The van der Waals surface area contributed by atoms with Crippen LogP contribution in [-0.4, -0.2) is 29.6 Å². The van der Waals surface area contributed by atoms with Gasteiger partial charge in [0.05, 0.1) is 4.47 Å². The first-order valence-electron chi connectivity index (χ1n) is 7.90. The second-order valence-electron chi connectivity index (χ2n) is 6.39. The van der Waals surface area contributed by atoms with E-state index in [9.17, 15) is 4.39 Å². The highest BCUT2D eigenvalue weighted by Crippen LogP contribution is 2.24. The molecule has 1 heterocycles. The normalized spacial score (nSPS) is 27.0. The fourth-order valence-corrected chi connectivity index (χ4v) is 3.46. The van der Waals surface area contributed by atoms with Crippen LogP contribution < -0.4 is 5.32 Å². The summed E-state index contributed by atoms with van der Waals surface area (Å²) in [6.07, 6.45) is 3.52. The van der Waals surface area contributed by atoms with Crippen molar-refractivity contribution in [1.29, 1.82) is 0 Å². The van der Waals surface area contributed by atoms with Crippen LogP contribution >= 0.6 is 15.9 Å². The molecule has 1 aliphatic heterocycles. The summed E-state index contributed by atoms with van der Waals surface area (Å²) in [7, 11) is 0. The second kappa shape index (κ2) is 7.21. The number of halogens is 2. The first-order valence-corrected chi connectivity index (χ1v) is 8.69. The van der Waals surface area contributed by atoms with Gasteiger partial charge in [-0.3, -0.25) is 4.90 Å². The molecule has 1 aromatic carbocycles. The zero-order chi connectivity index (χ0) is 15.5. The highest BCUT2D eigenvalue weighted by atomic mass is 79.9. The molecular formula is C17H26BrFN2. The number of benzene rings is 1. The maximum absolute atomic E-state index is 13.4. The molecule has 2 unspecified atom stereocenters. The van der Waals surface area contributed by atoms with Gasteiger partial charge >= 0.3 is 0 Å². The Hall–Kier alpha value is -0.450. The average molecular weight is 357 g/mol. The van der Waals surface area contributed by atoms with Gasteiger partial charge in [-0.25, -0.2) is 4.39 Å². The molecular weight excluding hydrogens is 331 g/mol. The predicted molar refractivity (Wildman–Crippen MR) is 89.9 cm³/mol. The molecule has 0 amide bonds. The molecule has 1 N–H and O–H groups in total. The lowest BCUT2D eigenvalue weighted by Crippen LogP contribution is -2.62. The van der Waals surface area contributed by atoms with Crippen molar-refractivity contribution >= 4 is 15.9 Å². The maximum Gasteiger partial charge on any atom is 0.137 e. The van der Waals surface area contributed by atoms with Crippen LogP contribution in [0.5, 0.6) is 0 Å². The summed E-state index contributed by atoms with van der Waals surface area (Å²) in [5.74, 6) is -0.192. The first-order chi connectivity index (χ1) is 9.97. The van der Waals surface area contributed by atoms with Crippen LogP contribution in [0.15, 0.2) is 22.7 Å². The van der Waals surface area contributed by atoms with Crippen LogP contribution in [0.25, 0.3) is 0 Å². The van der Waals surface area contributed by atoms with E-state index < -0.39 is 0 Å². The van der Waals surface area contributed by atoms with Crippen molar-refractivity contribution in [2.75, 3.05) is 13.1 Å². The van der Waals surface area contributed by atoms with Crippen molar-refractivity contribution in [2.24, 2.45) is 0 Å². The van der Waals surface area contributed by atoms with Gasteiger partial charge in [0.2, 0.25) is 0 Å². The summed E-state index contributed by atoms with van der Waals surface area (Å²) < 4.78 is 13.9. The summed E-state index contributed by atoms with van der Waals surface area (Å²) in [5.41, 5.74) is 1.35. The minimum Gasteiger partial charge on any atom is -0.309 e. The van der Waals surface area contributed by atoms with Crippen molar-refractivity contribution < 1.29 is 4.39 Å². The third-order valence-corrected chi connectivity index (χ3v) is 5.21. The Morgan fingerprint density at radius 2 is 2.19 bits per heavy atom. The molecule has 2 rings (SSSR count). The van der Waals surface area contributed by atoms with Gasteiger partial charge < -0.3 is 5.32 Å². The SMILES string of the molecule is CCCC1CNC(C)(CC)CN1Cc1ccc(F)c(Br)c1. The predicted octanol–water partition coefficient (Wildman–Crippen LogP) is 4.33. The molecule has 21 heavy (non-hydrogen) atoms. The standard InChI is InChI=1S/C17H26BrFN2/c1-4-6-14-10-20-17(3,5-2)12-21(14)11-13-7-8-16(19)15(18)9-13/h7-9,14,20H,4-6,10-12H2,1-3H3. The Labute approximate surface area is 136 Å². The van der Waals surface area contributed by atoms with Crippen molar-refractivity contribution in [3.05, 3.63) is 34.1 Å². The molecule has 2 atom stereocenters. The first kappa shape index (κ1) is 16.9. The summed E-state index contributed by atoms with van der Waals surface area (Å²) in [6, 6.07) is 5.92. The highest BCUT2D eigenvalue weighted by Gasteiger charge is 2.33. The minimum atomic E-state index is -0.192. The third kappa shape index (κ3) is 4.27. The summed E-state index contributed by atoms with van der Waals surface area (Å²) in [5, 5.41) is 3.71. The van der Waals surface area contributed by atoms with Gasteiger partial charge in [0, 0.05) is 31.2 Å². The van der Waals surface area contributed by atoms with E-state index in [0.717, 1.165) is 26.1 Å².